The van der Waals surface area contributed by atoms with Gasteiger partial charge in [0.05, 0.1) is 26.4 Å². The number of allylic oxidation sites excluding steroid dienone is 26. The number of aliphatic hydroxyl groups excluding tert-OH is 2. The molecule has 5 unspecified atom stereocenters. The van der Waals surface area contributed by atoms with E-state index >= 15 is 0 Å². The van der Waals surface area contributed by atoms with Crippen LogP contribution in [0.5, 0.6) is 0 Å². The van der Waals surface area contributed by atoms with E-state index in [9.17, 15) is 43.5 Å². The summed E-state index contributed by atoms with van der Waals surface area (Å²) in [6.45, 7) is 2.33. The SMILES string of the molecule is CC/C=C\C/C=C\C/C=C\C/C=C\C/C=C\C/C=C\CCCCCCCCCCC(=O)OCC(O)COP(=O)(O)OCC(O)COP(=O)(O)OCC(COC(=O)CCCCCC/C=C\C/C=C\C/C=C\C/C=C\C/C=C\C/C=C\CC)OC(=O)CCCCCCC/C=C\CCCC. The zero-order chi connectivity index (χ0) is 70.9. The summed E-state index contributed by atoms with van der Waals surface area (Å²) in [5, 5.41) is 20.6. The summed E-state index contributed by atoms with van der Waals surface area (Å²) in [7, 11) is -9.80. The number of hydrogen-bond donors (Lipinski definition) is 4. The van der Waals surface area contributed by atoms with Gasteiger partial charge < -0.3 is 34.2 Å². The van der Waals surface area contributed by atoms with Crippen LogP contribution in [0.3, 0.4) is 0 Å². The zero-order valence-corrected chi connectivity index (χ0v) is 61.7. The summed E-state index contributed by atoms with van der Waals surface area (Å²) in [6, 6.07) is 0. The van der Waals surface area contributed by atoms with Gasteiger partial charge in [0, 0.05) is 19.3 Å². The fourth-order valence-electron chi connectivity index (χ4n) is 9.15. The van der Waals surface area contributed by atoms with E-state index in [1.807, 2.05) is 0 Å². The number of esters is 3. The Bertz CT molecular complexity index is 2400. The Kier molecular flexibility index (Phi) is 67.5. The predicted molar refractivity (Wildman–Crippen MR) is 399 cm³/mol. The van der Waals surface area contributed by atoms with Crippen molar-refractivity contribution in [1.29, 1.82) is 0 Å². The van der Waals surface area contributed by atoms with E-state index in [0.29, 0.717) is 19.3 Å². The van der Waals surface area contributed by atoms with E-state index in [0.717, 1.165) is 173 Å². The third-order valence-corrected chi connectivity index (χ3v) is 16.6. The Hall–Kier alpha value is -4.83. The molecule has 0 heterocycles. The van der Waals surface area contributed by atoms with Crippen molar-refractivity contribution in [2.75, 3.05) is 39.6 Å². The summed E-state index contributed by atoms with van der Waals surface area (Å²) in [5.74, 6) is -1.63. The summed E-state index contributed by atoms with van der Waals surface area (Å²) in [6.07, 6.45) is 87.3. The molecule has 0 spiro atoms. The van der Waals surface area contributed by atoms with Gasteiger partial charge in [0.2, 0.25) is 0 Å². The number of carbonyl (C=O) groups excluding carboxylic acids is 3. The van der Waals surface area contributed by atoms with Gasteiger partial charge in [0.15, 0.2) is 6.10 Å². The Labute approximate surface area is 587 Å². The zero-order valence-electron chi connectivity index (χ0n) is 59.9. The maximum Gasteiger partial charge on any atom is 0.472 e. The first kappa shape index (κ1) is 92.2. The van der Waals surface area contributed by atoms with Crippen LogP contribution in [0.25, 0.3) is 0 Å². The maximum absolute atomic E-state index is 12.9. The molecule has 4 N–H and O–H groups in total. The van der Waals surface area contributed by atoms with E-state index in [4.69, 9.17) is 32.3 Å². The monoisotopic (exact) mass is 1400 g/mol. The van der Waals surface area contributed by atoms with Gasteiger partial charge in [-0.25, -0.2) is 9.13 Å². The van der Waals surface area contributed by atoms with E-state index in [2.05, 4.69) is 179 Å². The Morgan fingerprint density at radius 2 is 0.546 bits per heavy atom. The third kappa shape index (κ3) is 72.2. The van der Waals surface area contributed by atoms with Gasteiger partial charge in [0.1, 0.15) is 25.4 Å². The molecule has 0 bridgehead atoms. The lowest BCUT2D eigenvalue weighted by Crippen LogP contribution is -2.30. The molecule has 0 aromatic carbocycles. The minimum atomic E-state index is -4.94. The average Bonchev–Trinajstić information content (AvgIpc) is 1.56. The number of unbranched alkanes of at least 4 members (excludes halogenated alkanes) is 19. The van der Waals surface area contributed by atoms with E-state index < -0.39 is 91.5 Å². The molecule has 0 aliphatic rings. The third-order valence-electron chi connectivity index (χ3n) is 14.7. The van der Waals surface area contributed by atoms with Crippen LogP contribution in [0.4, 0.5) is 0 Å². The summed E-state index contributed by atoms with van der Waals surface area (Å²) in [5.41, 5.74) is 0. The average molecular weight is 1400 g/mol. The molecule has 0 aromatic heterocycles. The first-order chi connectivity index (χ1) is 47.2. The van der Waals surface area contributed by atoms with Crippen molar-refractivity contribution in [2.45, 2.75) is 283 Å². The number of phosphoric ester groups is 2. The molecule has 0 aliphatic heterocycles. The van der Waals surface area contributed by atoms with Crippen molar-refractivity contribution >= 4 is 33.6 Å². The molecule has 0 aromatic rings. The van der Waals surface area contributed by atoms with Gasteiger partial charge >= 0.3 is 33.6 Å². The first-order valence-electron chi connectivity index (χ1n) is 36.8. The van der Waals surface area contributed by atoms with Crippen LogP contribution in [0, 0.1) is 0 Å². The van der Waals surface area contributed by atoms with Crippen LogP contribution >= 0.6 is 15.6 Å². The highest BCUT2D eigenvalue weighted by Crippen LogP contribution is 2.45. The second-order valence-corrected chi connectivity index (χ2v) is 26.9. The fourth-order valence-corrected chi connectivity index (χ4v) is 10.7. The largest absolute Gasteiger partial charge is 0.472 e. The van der Waals surface area contributed by atoms with Gasteiger partial charge in [-0.1, -0.05) is 262 Å². The van der Waals surface area contributed by atoms with Crippen molar-refractivity contribution in [3.05, 3.63) is 158 Å². The first-order valence-corrected chi connectivity index (χ1v) is 39.8. The lowest BCUT2D eigenvalue weighted by atomic mass is 10.1. The van der Waals surface area contributed by atoms with Gasteiger partial charge in [-0.15, -0.1) is 0 Å². The summed E-state index contributed by atoms with van der Waals surface area (Å²) >= 11 is 0. The molecule has 0 fully saturated rings. The molecular formula is C79H130O16P2. The highest BCUT2D eigenvalue weighted by Gasteiger charge is 2.29. The molecule has 0 radical (unpaired) electrons. The molecule has 18 heteroatoms. The van der Waals surface area contributed by atoms with Crippen LogP contribution in [-0.2, 0) is 55.8 Å². The minimum Gasteiger partial charge on any atom is -0.463 e. The molecule has 97 heavy (non-hydrogen) atoms. The van der Waals surface area contributed by atoms with Crippen LogP contribution in [-0.4, -0.2) is 95.9 Å². The molecule has 16 nitrogen and oxygen atoms in total. The number of ether oxygens (including phenoxy) is 3. The molecular weight excluding hydrogens is 1270 g/mol. The van der Waals surface area contributed by atoms with Gasteiger partial charge in [-0.05, 0) is 141 Å². The topological polar surface area (TPSA) is 231 Å². The quantitative estimate of drug-likeness (QED) is 0.0146. The Balaban J connectivity index is 4.56. The van der Waals surface area contributed by atoms with E-state index in [-0.39, 0.29) is 19.3 Å². The lowest BCUT2D eigenvalue weighted by molar-refractivity contribution is -0.161. The van der Waals surface area contributed by atoms with Crippen LogP contribution in [0.15, 0.2) is 158 Å². The molecule has 5 atom stereocenters. The van der Waals surface area contributed by atoms with Gasteiger partial charge in [0.25, 0.3) is 0 Å². The molecule has 0 aliphatic carbocycles. The lowest BCUT2D eigenvalue weighted by Gasteiger charge is -2.21. The second-order valence-electron chi connectivity index (χ2n) is 24.0. The van der Waals surface area contributed by atoms with Crippen molar-refractivity contribution in [3.8, 4) is 0 Å². The predicted octanol–water partition coefficient (Wildman–Crippen LogP) is 21.1. The van der Waals surface area contributed by atoms with Crippen LogP contribution in [0.1, 0.15) is 265 Å². The standard InChI is InChI=1S/C79H130O16P2/c1-4-7-10-13-16-19-22-24-26-28-30-32-34-35-36-37-39-41-42-44-46-48-51-53-56-59-62-65-77(82)89-68-74(80)69-91-96(85,86)92-70-75(81)71-93-97(87,88)94-73-76(95-79(84)67-64-61-58-55-50-21-18-15-12-9-6-3)72-90-78(83)66-63-60-57-54-52-49-47-45-43-40-38-33-31-29-27-25-23-20-17-14-11-8-5-2/h7-8,10-11,15-20,24-27,30-33,35-36,39-41,43,47,49,74-76,80-81H,4-6,9,12-14,21-23,28-29,34,37-38,42,44-46,48,50-73H2,1-3H3,(H,85,86)(H,87,88)/b10-7-,11-8-,18-15-,19-16-,20-17-,26-24-,27-25-,32-30-,33-31-,36-35-,41-39-,43-40-,49-47-. The van der Waals surface area contributed by atoms with E-state index in [1.54, 1.807) is 0 Å². The number of carbonyl (C=O) groups is 3. The summed E-state index contributed by atoms with van der Waals surface area (Å²) < 4.78 is 60.9. The Morgan fingerprint density at radius 1 is 0.299 bits per heavy atom. The molecule has 0 amide bonds. The highest BCUT2D eigenvalue weighted by atomic mass is 31.2. The number of rotatable bonds is 68. The molecule has 552 valence electrons. The second kappa shape index (κ2) is 71.0. The number of aliphatic hydroxyl groups is 2. The smallest absolute Gasteiger partial charge is 0.463 e. The van der Waals surface area contributed by atoms with Crippen molar-refractivity contribution < 1.29 is 75.8 Å². The fraction of sp³-hybridized carbons (Fsp3) is 0.633. The normalized spacial score (nSPS) is 15.0. The number of phosphoric acid groups is 2. The number of hydrogen-bond acceptors (Lipinski definition) is 14. The highest BCUT2D eigenvalue weighted by molar-refractivity contribution is 7.47. The molecule has 0 saturated carbocycles. The van der Waals surface area contributed by atoms with Gasteiger partial charge in [-0.2, -0.15) is 0 Å². The maximum atomic E-state index is 12.9. The van der Waals surface area contributed by atoms with Crippen LogP contribution < -0.4 is 0 Å². The summed E-state index contributed by atoms with van der Waals surface area (Å²) in [4.78, 5) is 58.4. The minimum absolute atomic E-state index is 0.0829. The van der Waals surface area contributed by atoms with Crippen molar-refractivity contribution in [2.24, 2.45) is 0 Å². The van der Waals surface area contributed by atoms with E-state index in [1.165, 1.54) is 32.1 Å². The van der Waals surface area contributed by atoms with Crippen molar-refractivity contribution in [3.63, 3.8) is 0 Å². The van der Waals surface area contributed by atoms with Gasteiger partial charge in [-0.3, -0.25) is 32.5 Å². The Morgan fingerprint density at radius 3 is 0.876 bits per heavy atom. The van der Waals surface area contributed by atoms with Crippen molar-refractivity contribution in [1.82, 2.24) is 0 Å². The molecule has 0 saturated heterocycles. The van der Waals surface area contributed by atoms with Crippen LogP contribution in [0.2, 0.25) is 0 Å². The molecule has 0 rings (SSSR count).